The molecular formula is C11H6N2O4S3. The highest BCUT2D eigenvalue weighted by atomic mass is 32.2. The molecule has 0 atom stereocenters. The lowest BCUT2D eigenvalue weighted by Gasteiger charge is -1.98. The van der Waals surface area contributed by atoms with Crippen LogP contribution in [0.5, 0.6) is 0 Å². The van der Waals surface area contributed by atoms with Crippen LogP contribution in [0.2, 0.25) is 0 Å². The molecule has 0 radical (unpaired) electrons. The van der Waals surface area contributed by atoms with Gasteiger partial charge < -0.3 is 0 Å². The van der Waals surface area contributed by atoms with E-state index < -0.39 is 19.7 Å². The van der Waals surface area contributed by atoms with Crippen molar-refractivity contribution in [2.45, 2.75) is 4.21 Å². The molecule has 0 spiro atoms. The van der Waals surface area contributed by atoms with Crippen molar-refractivity contribution in [3.63, 3.8) is 0 Å². The van der Waals surface area contributed by atoms with Crippen LogP contribution in [0.3, 0.4) is 0 Å². The molecule has 6 nitrogen and oxygen atoms in total. The molecular weight excluding hydrogens is 320 g/mol. The van der Waals surface area contributed by atoms with Crippen molar-refractivity contribution in [3.05, 3.63) is 49.5 Å². The second-order valence-electron chi connectivity index (χ2n) is 3.49. The van der Waals surface area contributed by atoms with Gasteiger partial charge in [0.05, 0.1) is 4.92 Å². The Bertz CT molecular complexity index is 810. The second-order valence-corrected chi connectivity index (χ2v) is 7.68. The van der Waals surface area contributed by atoms with Crippen molar-refractivity contribution < 1.29 is 13.3 Å². The predicted molar refractivity (Wildman–Crippen MR) is 76.1 cm³/mol. The number of hydrogen-bond acceptors (Lipinski definition) is 7. The minimum Gasteiger partial charge on any atom is -0.258 e. The van der Waals surface area contributed by atoms with E-state index in [1.54, 1.807) is 17.5 Å². The highest BCUT2D eigenvalue weighted by molar-refractivity contribution is 7.97. The van der Waals surface area contributed by atoms with Gasteiger partial charge in [0.2, 0.25) is 9.84 Å². The molecule has 2 aromatic heterocycles. The normalized spacial score (nSPS) is 12.1. The molecule has 0 aliphatic carbocycles. The summed E-state index contributed by atoms with van der Waals surface area (Å²) in [5, 5.41) is 21.1. The third kappa shape index (κ3) is 2.77. The van der Waals surface area contributed by atoms with Crippen LogP contribution in [0.1, 0.15) is 4.88 Å². The monoisotopic (exact) mass is 326 g/mol. The number of rotatable bonds is 4. The van der Waals surface area contributed by atoms with E-state index >= 15 is 0 Å². The van der Waals surface area contributed by atoms with Crippen LogP contribution in [0.25, 0.3) is 6.08 Å². The van der Waals surface area contributed by atoms with Gasteiger partial charge in [0.1, 0.15) is 10.3 Å². The lowest BCUT2D eigenvalue weighted by atomic mass is 10.4. The Labute approximate surface area is 122 Å². The first-order valence-electron chi connectivity index (χ1n) is 5.10. The van der Waals surface area contributed by atoms with Crippen LogP contribution in [-0.4, -0.2) is 13.3 Å². The molecule has 2 heterocycles. The first-order chi connectivity index (χ1) is 9.45. The van der Waals surface area contributed by atoms with E-state index in [1.165, 1.54) is 18.2 Å². The van der Waals surface area contributed by atoms with Crippen molar-refractivity contribution in [3.8, 4) is 6.07 Å². The average Bonchev–Trinajstić information content (AvgIpc) is 3.06. The molecule has 0 unspecified atom stereocenters. The highest BCUT2D eigenvalue weighted by Crippen LogP contribution is 2.29. The van der Waals surface area contributed by atoms with Crippen LogP contribution in [0.4, 0.5) is 5.00 Å². The van der Waals surface area contributed by atoms with Gasteiger partial charge in [-0.25, -0.2) is 8.42 Å². The maximum Gasteiger partial charge on any atom is 0.324 e. The highest BCUT2D eigenvalue weighted by Gasteiger charge is 2.22. The number of allylic oxidation sites excluding steroid dienone is 1. The van der Waals surface area contributed by atoms with E-state index in [-0.39, 0.29) is 9.21 Å². The fraction of sp³-hybridized carbons (Fsp3) is 0. The Hall–Kier alpha value is -2.02. The first kappa shape index (κ1) is 14.4. The molecule has 0 amide bonds. The van der Waals surface area contributed by atoms with E-state index in [1.807, 2.05) is 0 Å². The molecule has 0 saturated heterocycles. The summed E-state index contributed by atoms with van der Waals surface area (Å²) in [6, 6.07) is 7.28. The number of sulfone groups is 1. The largest absolute Gasteiger partial charge is 0.324 e. The summed E-state index contributed by atoms with van der Waals surface area (Å²) < 4.78 is 24.4. The number of hydrogen-bond donors (Lipinski definition) is 0. The molecule has 0 fully saturated rings. The Balaban J connectivity index is 2.45. The molecule has 20 heavy (non-hydrogen) atoms. The minimum atomic E-state index is -3.86. The molecule has 0 bridgehead atoms. The summed E-state index contributed by atoms with van der Waals surface area (Å²) in [5.41, 5.74) is 0. The van der Waals surface area contributed by atoms with Gasteiger partial charge in [0.15, 0.2) is 4.91 Å². The molecule has 0 N–H and O–H groups in total. The molecule has 102 valence electrons. The van der Waals surface area contributed by atoms with Crippen molar-refractivity contribution in [2.24, 2.45) is 0 Å². The van der Waals surface area contributed by atoms with E-state index in [0.717, 1.165) is 28.7 Å². The van der Waals surface area contributed by atoms with E-state index in [9.17, 15) is 18.5 Å². The van der Waals surface area contributed by atoms with E-state index in [2.05, 4.69) is 0 Å². The number of nitrogens with zero attached hydrogens (tertiary/aromatic N) is 2. The summed E-state index contributed by atoms with van der Waals surface area (Å²) in [6.07, 6.45) is 1.15. The molecule has 9 heteroatoms. The van der Waals surface area contributed by atoms with Gasteiger partial charge in [-0.2, -0.15) is 5.26 Å². The zero-order chi connectivity index (χ0) is 14.8. The van der Waals surface area contributed by atoms with Gasteiger partial charge in [0, 0.05) is 10.9 Å². The van der Waals surface area contributed by atoms with Crippen molar-refractivity contribution >= 4 is 43.6 Å². The van der Waals surface area contributed by atoms with Gasteiger partial charge in [-0.3, -0.25) is 10.1 Å². The van der Waals surface area contributed by atoms with Crippen LogP contribution >= 0.6 is 22.7 Å². The Morgan fingerprint density at radius 1 is 1.40 bits per heavy atom. The summed E-state index contributed by atoms with van der Waals surface area (Å²) in [4.78, 5) is 9.91. The quantitative estimate of drug-likeness (QED) is 0.488. The first-order valence-corrected chi connectivity index (χ1v) is 8.27. The summed E-state index contributed by atoms with van der Waals surface area (Å²) in [6.45, 7) is 0. The molecule has 0 aromatic carbocycles. The molecule has 2 rings (SSSR count). The minimum absolute atomic E-state index is 0.0661. The predicted octanol–water partition coefficient (Wildman–Crippen LogP) is 3.06. The summed E-state index contributed by atoms with van der Waals surface area (Å²) >= 11 is 1.82. The van der Waals surface area contributed by atoms with Crippen molar-refractivity contribution in [1.82, 2.24) is 0 Å². The average molecular weight is 326 g/mol. The topological polar surface area (TPSA) is 101 Å². The number of nitro groups is 1. The number of nitriles is 1. The van der Waals surface area contributed by atoms with Crippen molar-refractivity contribution in [2.75, 3.05) is 0 Å². The van der Waals surface area contributed by atoms with Crippen LogP contribution in [0, 0.1) is 21.4 Å². The third-order valence-corrected chi connectivity index (χ3v) is 6.27. The van der Waals surface area contributed by atoms with Crippen molar-refractivity contribution in [1.29, 1.82) is 5.26 Å². The van der Waals surface area contributed by atoms with Gasteiger partial charge >= 0.3 is 5.00 Å². The standard InChI is InChI=1S/C11H6N2O4S3/c12-7-9(20(16,17)11-2-1-5-18-11)6-8-3-4-10(19-8)13(14)15/h1-6H/b9-6-. The van der Waals surface area contributed by atoms with Gasteiger partial charge in [-0.15, -0.1) is 11.3 Å². The maximum absolute atomic E-state index is 12.2. The van der Waals surface area contributed by atoms with E-state index in [4.69, 9.17) is 5.26 Å². The second kappa shape index (κ2) is 5.54. The molecule has 0 saturated carbocycles. The SMILES string of the molecule is N#C/C(=C/c1ccc([N+](=O)[O-])s1)S(=O)(=O)c1cccs1. The zero-order valence-corrected chi connectivity index (χ0v) is 12.2. The maximum atomic E-state index is 12.2. The van der Waals surface area contributed by atoms with Gasteiger partial charge in [0.25, 0.3) is 0 Å². The molecule has 0 aliphatic rings. The lowest BCUT2D eigenvalue weighted by molar-refractivity contribution is -0.380. The fourth-order valence-corrected chi connectivity index (χ4v) is 4.45. The summed E-state index contributed by atoms with van der Waals surface area (Å²) in [7, 11) is -3.86. The smallest absolute Gasteiger partial charge is 0.258 e. The lowest BCUT2D eigenvalue weighted by Crippen LogP contribution is -2.00. The van der Waals surface area contributed by atoms with Crippen LogP contribution in [-0.2, 0) is 9.84 Å². The van der Waals surface area contributed by atoms with Crippen LogP contribution < -0.4 is 0 Å². The Morgan fingerprint density at radius 2 is 2.15 bits per heavy atom. The zero-order valence-electron chi connectivity index (χ0n) is 9.72. The number of thiophene rings is 2. The van der Waals surface area contributed by atoms with E-state index in [0.29, 0.717) is 4.88 Å². The third-order valence-electron chi connectivity index (χ3n) is 2.23. The summed E-state index contributed by atoms with van der Waals surface area (Å²) in [5.74, 6) is 0. The Kier molecular flexibility index (Phi) is 3.99. The fourth-order valence-electron chi connectivity index (χ4n) is 1.34. The van der Waals surface area contributed by atoms with Crippen LogP contribution in [0.15, 0.2) is 38.8 Å². The Morgan fingerprint density at radius 3 is 2.65 bits per heavy atom. The van der Waals surface area contributed by atoms with Gasteiger partial charge in [-0.05, 0) is 23.6 Å². The van der Waals surface area contributed by atoms with Gasteiger partial charge in [-0.1, -0.05) is 17.4 Å². The molecule has 0 aliphatic heterocycles. The molecule has 2 aromatic rings.